The number of hydrogen-bond acceptors (Lipinski definition) is 5. The maximum absolute atomic E-state index is 13.9. The number of carbonyl (C=O) groups is 2. The second-order valence-electron chi connectivity index (χ2n) is 5.96. The van der Waals surface area contributed by atoms with E-state index in [9.17, 15) is 18.4 Å². The molecule has 7 heteroatoms. The van der Waals surface area contributed by atoms with Crippen LogP contribution >= 0.6 is 0 Å². The van der Waals surface area contributed by atoms with E-state index in [1.54, 1.807) is 20.8 Å². The highest BCUT2D eigenvalue weighted by atomic mass is 19.2. The van der Waals surface area contributed by atoms with Crippen molar-refractivity contribution < 1.29 is 23.1 Å². The average molecular weight is 304 g/mol. The molecule has 0 amide bonds. The fourth-order valence-electron chi connectivity index (χ4n) is 3.49. The van der Waals surface area contributed by atoms with Crippen molar-refractivity contribution >= 4 is 11.8 Å². The molecule has 3 N–H and O–H groups in total. The van der Waals surface area contributed by atoms with Crippen molar-refractivity contribution in [1.82, 2.24) is 5.32 Å². The summed E-state index contributed by atoms with van der Waals surface area (Å²) in [6, 6.07) is -2.29. The van der Waals surface area contributed by atoms with Crippen LogP contribution in [0, 0.1) is 17.8 Å². The fraction of sp³-hybridized carbons (Fsp3) is 0.857. The summed E-state index contributed by atoms with van der Waals surface area (Å²) in [5.41, 5.74) is 5.73. The molecule has 2 aliphatic rings. The SMILES string of the molecule is CCOC(=O)C1C(=O)C2C(N)C(F)C(F)C(C)C2NC1C. The topological polar surface area (TPSA) is 81.4 Å². The van der Waals surface area contributed by atoms with E-state index >= 15 is 0 Å². The van der Waals surface area contributed by atoms with Gasteiger partial charge in [0, 0.05) is 24.0 Å². The van der Waals surface area contributed by atoms with Crippen molar-refractivity contribution in [2.75, 3.05) is 6.61 Å². The van der Waals surface area contributed by atoms with Gasteiger partial charge in [0.15, 0.2) is 5.78 Å². The number of alkyl halides is 2. The number of Topliss-reactive ketones (excluding diaryl/α,β-unsaturated/α-hetero) is 1. The Hall–Kier alpha value is -1.08. The fourth-order valence-corrected chi connectivity index (χ4v) is 3.49. The van der Waals surface area contributed by atoms with E-state index in [0.29, 0.717) is 0 Å². The lowest BCUT2D eigenvalue weighted by Gasteiger charge is -2.49. The van der Waals surface area contributed by atoms with E-state index < -0.39 is 60.0 Å². The lowest BCUT2D eigenvalue weighted by atomic mass is 9.65. The maximum Gasteiger partial charge on any atom is 0.318 e. The molecule has 1 saturated carbocycles. The summed E-state index contributed by atoms with van der Waals surface area (Å²) in [6.07, 6.45) is -3.61. The van der Waals surface area contributed by atoms with Gasteiger partial charge in [0.2, 0.25) is 0 Å². The van der Waals surface area contributed by atoms with E-state index in [0.717, 1.165) is 0 Å². The molecular weight excluding hydrogens is 282 g/mol. The van der Waals surface area contributed by atoms with Crippen LogP contribution in [-0.4, -0.2) is 48.8 Å². The largest absolute Gasteiger partial charge is 0.465 e. The van der Waals surface area contributed by atoms with Crippen molar-refractivity contribution in [2.24, 2.45) is 23.5 Å². The smallest absolute Gasteiger partial charge is 0.318 e. The first-order valence-electron chi connectivity index (χ1n) is 7.31. The van der Waals surface area contributed by atoms with Crippen molar-refractivity contribution in [1.29, 1.82) is 0 Å². The molecule has 0 radical (unpaired) electrons. The average Bonchev–Trinajstić information content (AvgIpc) is 2.42. The van der Waals surface area contributed by atoms with Gasteiger partial charge in [0.1, 0.15) is 18.3 Å². The highest BCUT2D eigenvalue weighted by Crippen LogP contribution is 2.38. The summed E-state index contributed by atoms with van der Waals surface area (Å²) in [5.74, 6) is -3.70. The van der Waals surface area contributed by atoms with Crippen LogP contribution in [0.15, 0.2) is 0 Å². The van der Waals surface area contributed by atoms with E-state index in [2.05, 4.69) is 5.32 Å². The second-order valence-corrected chi connectivity index (χ2v) is 5.96. The van der Waals surface area contributed by atoms with Gasteiger partial charge in [-0.1, -0.05) is 6.92 Å². The lowest BCUT2D eigenvalue weighted by Crippen LogP contribution is -2.71. The molecule has 2 rings (SSSR count). The predicted octanol–water partition coefficient (Wildman–Crippen LogP) is 0.365. The first-order valence-corrected chi connectivity index (χ1v) is 7.31. The highest BCUT2D eigenvalue weighted by molar-refractivity contribution is 6.02. The standard InChI is InChI=1S/C14H22F2N2O3/c1-4-21-14(20)7-6(3)18-12-5(2)9(15)10(16)11(17)8(12)13(7)19/h5-12,18H,4,17H2,1-3H3. The number of piperidine rings is 1. The van der Waals surface area contributed by atoms with Gasteiger partial charge in [0.25, 0.3) is 0 Å². The Morgan fingerprint density at radius 3 is 2.52 bits per heavy atom. The van der Waals surface area contributed by atoms with Crippen molar-refractivity contribution in [3.8, 4) is 0 Å². The molecule has 120 valence electrons. The third-order valence-electron chi connectivity index (χ3n) is 4.67. The van der Waals surface area contributed by atoms with Crippen LogP contribution < -0.4 is 11.1 Å². The number of ether oxygens (including phenoxy) is 1. The second kappa shape index (κ2) is 5.96. The molecule has 8 unspecified atom stereocenters. The number of esters is 1. The molecule has 0 spiro atoms. The minimum atomic E-state index is -1.90. The van der Waals surface area contributed by atoms with Crippen LogP contribution in [0.3, 0.4) is 0 Å². The summed E-state index contributed by atoms with van der Waals surface area (Å²) >= 11 is 0. The van der Waals surface area contributed by atoms with Crippen LogP contribution in [0.2, 0.25) is 0 Å². The van der Waals surface area contributed by atoms with Gasteiger partial charge < -0.3 is 15.8 Å². The summed E-state index contributed by atoms with van der Waals surface area (Å²) in [7, 11) is 0. The minimum Gasteiger partial charge on any atom is -0.465 e. The van der Waals surface area contributed by atoms with Crippen LogP contribution in [0.5, 0.6) is 0 Å². The minimum absolute atomic E-state index is 0.157. The molecular formula is C14H22F2N2O3. The zero-order chi connectivity index (χ0) is 15.9. The van der Waals surface area contributed by atoms with Gasteiger partial charge in [-0.05, 0) is 13.8 Å². The molecule has 0 bridgehead atoms. The Labute approximate surface area is 122 Å². The van der Waals surface area contributed by atoms with Crippen LogP contribution in [0.1, 0.15) is 20.8 Å². The van der Waals surface area contributed by atoms with E-state index in [-0.39, 0.29) is 6.61 Å². The van der Waals surface area contributed by atoms with Crippen molar-refractivity contribution in [3.05, 3.63) is 0 Å². The zero-order valence-electron chi connectivity index (χ0n) is 12.4. The van der Waals surface area contributed by atoms with Gasteiger partial charge in [-0.25, -0.2) is 8.78 Å². The Morgan fingerprint density at radius 2 is 1.95 bits per heavy atom. The zero-order valence-corrected chi connectivity index (χ0v) is 12.4. The molecule has 1 aliphatic carbocycles. The number of hydrogen-bond donors (Lipinski definition) is 2. The highest BCUT2D eigenvalue weighted by Gasteiger charge is 2.57. The van der Waals surface area contributed by atoms with Gasteiger partial charge >= 0.3 is 5.97 Å². The molecule has 0 aromatic heterocycles. The monoisotopic (exact) mass is 304 g/mol. The lowest BCUT2D eigenvalue weighted by molar-refractivity contribution is -0.159. The summed E-state index contributed by atoms with van der Waals surface area (Å²) < 4.78 is 32.8. The van der Waals surface area contributed by atoms with Gasteiger partial charge in [0.05, 0.1) is 12.5 Å². The molecule has 8 atom stereocenters. The van der Waals surface area contributed by atoms with Crippen molar-refractivity contribution in [3.63, 3.8) is 0 Å². The first-order chi connectivity index (χ1) is 9.81. The van der Waals surface area contributed by atoms with Crippen LogP contribution in [0.4, 0.5) is 8.78 Å². The summed E-state index contributed by atoms with van der Waals surface area (Å²) in [4.78, 5) is 24.5. The Bertz CT molecular complexity index is 434. The number of ketones is 1. The number of fused-ring (bicyclic) bond motifs is 1. The molecule has 21 heavy (non-hydrogen) atoms. The normalized spacial score (nSPS) is 46.9. The molecule has 1 saturated heterocycles. The number of halogens is 2. The molecule has 1 aliphatic heterocycles. The van der Waals surface area contributed by atoms with Gasteiger partial charge in [-0.2, -0.15) is 0 Å². The summed E-state index contributed by atoms with van der Waals surface area (Å²) in [5, 5.41) is 3.06. The maximum atomic E-state index is 13.9. The molecule has 2 fully saturated rings. The van der Waals surface area contributed by atoms with E-state index in [1.165, 1.54) is 0 Å². The Morgan fingerprint density at radius 1 is 1.33 bits per heavy atom. The van der Waals surface area contributed by atoms with E-state index in [1.807, 2.05) is 0 Å². The number of nitrogens with one attached hydrogen (secondary N) is 1. The van der Waals surface area contributed by atoms with Gasteiger partial charge in [-0.15, -0.1) is 0 Å². The Kier molecular flexibility index (Phi) is 4.63. The van der Waals surface area contributed by atoms with E-state index in [4.69, 9.17) is 10.5 Å². The molecule has 0 aromatic rings. The van der Waals surface area contributed by atoms with Crippen molar-refractivity contribution in [2.45, 2.75) is 51.2 Å². The molecule has 5 nitrogen and oxygen atoms in total. The summed E-state index contributed by atoms with van der Waals surface area (Å²) in [6.45, 7) is 5.02. The van der Waals surface area contributed by atoms with Crippen LogP contribution in [-0.2, 0) is 14.3 Å². The van der Waals surface area contributed by atoms with Crippen LogP contribution in [0.25, 0.3) is 0 Å². The first kappa shape index (κ1) is 16.3. The Balaban J connectivity index is 2.29. The number of rotatable bonds is 2. The quantitative estimate of drug-likeness (QED) is 0.569. The van der Waals surface area contributed by atoms with Gasteiger partial charge in [-0.3, -0.25) is 9.59 Å². The number of nitrogens with two attached hydrogens (primary N) is 1. The third-order valence-corrected chi connectivity index (χ3v) is 4.67. The predicted molar refractivity (Wildman–Crippen MR) is 71.9 cm³/mol. The molecule has 1 heterocycles. The third kappa shape index (κ3) is 2.57. The molecule has 0 aromatic carbocycles. The number of carbonyl (C=O) groups excluding carboxylic acids is 2.